The zero-order chi connectivity index (χ0) is 20.4. The van der Waals surface area contributed by atoms with Crippen molar-refractivity contribution < 1.29 is 4.39 Å². The number of hydrazone groups is 1. The number of likely N-dealkylation sites (tertiary alicyclic amines) is 1. The first-order chi connectivity index (χ1) is 13.5. The Bertz CT molecular complexity index is 754. The summed E-state index contributed by atoms with van der Waals surface area (Å²) in [5.41, 5.74) is 15.0. The molecule has 1 aliphatic heterocycles. The second-order valence-corrected chi connectivity index (χ2v) is 6.84. The summed E-state index contributed by atoms with van der Waals surface area (Å²) in [6, 6.07) is 12.0. The van der Waals surface area contributed by atoms with Gasteiger partial charge in [-0.3, -0.25) is 5.84 Å². The van der Waals surface area contributed by atoms with E-state index in [2.05, 4.69) is 27.9 Å². The number of hydrazine groups is 1. The van der Waals surface area contributed by atoms with Crippen molar-refractivity contribution >= 4 is 11.5 Å². The van der Waals surface area contributed by atoms with Gasteiger partial charge in [0.25, 0.3) is 0 Å². The number of hydrogen-bond donors (Lipinski definition) is 4. The summed E-state index contributed by atoms with van der Waals surface area (Å²) in [5, 5.41) is 4.07. The highest BCUT2D eigenvalue weighted by Gasteiger charge is 2.07. The molecule has 1 fully saturated rings. The van der Waals surface area contributed by atoms with Crippen LogP contribution in [0.15, 0.2) is 47.6 Å². The van der Waals surface area contributed by atoms with Gasteiger partial charge in [-0.05, 0) is 87.8 Å². The SMILES string of the molecule is CCN/N=C(\N)c1ccc(NN)c(Cc2ccc(F)cc2)c1.CN1CCCC1. The summed E-state index contributed by atoms with van der Waals surface area (Å²) in [4.78, 5) is 2.36. The van der Waals surface area contributed by atoms with Crippen molar-refractivity contribution in [2.24, 2.45) is 16.7 Å². The van der Waals surface area contributed by atoms with Gasteiger partial charge in [0.2, 0.25) is 0 Å². The third kappa shape index (κ3) is 6.83. The summed E-state index contributed by atoms with van der Waals surface area (Å²) in [5.74, 6) is 5.71. The van der Waals surface area contributed by atoms with E-state index in [4.69, 9.17) is 11.6 Å². The molecule has 0 unspecified atom stereocenters. The number of halogens is 1. The Morgan fingerprint density at radius 1 is 1.14 bits per heavy atom. The van der Waals surface area contributed by atoms with Crippen LogP contribution in [-0.4, -0.2) is 37.4 Å². The molecule has 2 aromatic rings. The van der Waals surface area contributed by atoms with Crippen molar-refractivity contribution in [3.05, 3.63) is 65.0 Å². The van der Waals surface area contributed by atoms with E-state index in [0.717, 1.165) is 22.4 Å². The van der Waals surface area contributed by atoms with Gasteiger partial charge in [0.15, 0.2) is 5.84 Å². The number of benzene rings is 2. The molecule has 0 bridgehead atoms. The predicted octanol–water partition coefficient (Wildman–Crippen LogP) is 2.64. The molecule has 6 N–H and O–H groups in total. The minimum absolute atomic E-state index is 0.253. The van der Waals surface area contributed by atoms with Crippen LogP contribution < -0.4 is 22.4 Å². The number of hydrogen-bond acceptors (Lipinski definition) is 5. The molecule has 152 valence electrons. The fourth-order valence-corrected chi connectivity index (χ4v) is 2.97. The van der Waals surface area contributed by atoms with Crippen LogP contribution in [0, 0.1) is 5.82 Å². The van der Waals surface area contributed by atoms with E-state index in [-0.39, 0.29) is 5.82 Å². The number of nitrogen functional groups attached to an aromatic ring is 1. The molecule has 0 saturated carbocycles. The Kier molecular flexibility index (Phi) is 8.71. The topological polar surface area (TPSA) is 91.7 Å². The first-order valence-electron chi connectivity index (χ1n) is 9.62. The van der Waals surface area contributed by atoms with Crippen LogP contribution in [0.1, 0.15) is 36.5 Å². The van der Waals surface area contributed by atoms with Gasteiger partial charge < -0.3 is 21.5 Å². The number of rotatable bonds is 6. The molecule has 7 heteroatoms. The number of nitrogens with two attached hydrogens (primary N) is 2. The zero-order valence-corrected chi connectivity index (χ0v) is 16.7. The second-order valence-electron chi connectivity index (χ2n) is 6.84. The lowest BCUT2D eigenvalue weighted by Gasteiger charge is -2.11. The van der Waals surface area contributed by atoms with Crippen molar-refractivity contribution in [1.29, 1.82) is 0 Å². The second kappa shape index (κ2) is 11.3. The lowest BCUT2D eigenvalue weighted by molar-refractivity contribution is 0.418. The van der Waals surface area contributed by atoms with Gasteiger partial charge in [0.1, 0.15) is 5.82 Å². The first kappa shape index (κ1) is 21.7. The highest BCUT2D eigenvalue weighted by Crippen LogP contribution is 2.20. The predicted molar refractivity (Wildman–Crippen MR) is 115 cm³/mol. The zero-order valence-electron chi connectivity index (χ0n) is 16.7. The molecule has 0 amide bonds. The molecular formula is C21H31FN6. The fourth-order valence-electron chi connectivity index (χ4n) is 2.97. The average molecular weight is 387 g/mol. The minimum Gasteiger partial charge on any atom is -0.382 e. The van der Waals surface area contributed by atoms with Gasteiger partial charge in [-0.2, -0.15) is 5.10 Å². The van der Waals surface area contributed by atoms with E-state index in [1.807, 2.05) is 25.1 Å². The minimum atomic E-state index is -0.253. The molecule has 0 spiro atoms. The van der Waals surface area contributed by atoms with Gasteiger partial charge >= 0.3 is 0 Å². The van der Waals surface area contributed by atoms with E-state index in [1.165, 1.54) is 38.1 Å². The van der Waals surface area contributed by atoms with E-state index < -0.39 is 0 Å². The van der Waals surface area contributed by atoms with Crippen LogP contribution in [0.5, 0.6) is 0 Å². The summed E-state index contributed by atoms with van der Waals surface area (Å²) in [7, 11) is 2.17. The van der Waals surface area contributed by atoms with Gasteiger partial charge in [-0.15, -0.1) is 0 Å². The summed E-state index contributed by atoms with van der Waals surface area (Å²) < 4.78 is 13.0. The van der Waals surface area contributed by atoms with Crippen molar-refractivity contribution in [2.75, 3.05) is 32.1 Å². The molecule has 0 aliphatic carbocycles. The summed E-state index contributed by atoms with van der Waals surface area (Å²) >= 11 is 0. The Morgan fingerprint density at radius 3 is 2.36 bits per heavy atom. The van der Waals surface area contributed by atoms with E-state index in [1.54, 1.807) is 12.1 Å². The lowest BCUT2D eigenvalue weighted by Crippen LogP contribution is -2.19. The quantitative estimate of drug-likeness (QED) is 0.265. The molecule has 0 aromatic heterocycles. The summed E-state index contributed by atoms with van der Waals surface area (Å²) in [6.07, 6.45) is 3.44. The Morgan fingerprint density at radius 2 is 1.82 bits per heavy atom. The number of nitrogens with zero attached hydrogens (tertiary/aromatic N) is 2. The van der Waals surface area contributed by atoms with Gasteiger partial charge in [0.05, 0.1) is 5.69 Å². The van der Waals surface area contributed by atoms with E-state index >= 15 is 0 Å². The molecule has 1 heterocycles. The van der Waals surface area contributed by atoms with E-state index in [9.17, 15) is 4.39 Å². The average Bonchev–Trinajstić information content (AvgIpc) is 3.19. The van der Waals surface area contributed by atoms with Crippen LogP contribution in [-0.2, 0) is 6.42 Å². The number of nitrogens with one attached hydrogen (secondary N) is 2. The van der Waals surface area contributed by atoms with Crippen molar-refractivity contribution in [2.45, 2.75) is 26.2 Å². The van der Waals surface area contributed by atoms with Crippen LogP contribution in [0.4, 0.5) is 10.1 Å². The lowest BCUT2D eigenvalue weighted by atomic mass is 10.0. The molecule has 0 radical (unpaired) electrons. The van der Waals surface area contributed by atoms with Crippen molar-refractivity contribution in [3.63, 3.8) is 0 Å². The Balaban J connectivity index is 0.000000397. The molecule has 3 rings (SSSR count). The van der Waals surface area contributed by atoms with Crippen LogP contribution in [0.25, 0.3) is 0 Å². The van der Waals surface area contributed by atoms with Gasteiger partial charge in [-0.1, -0.05) is 12.1 Å². The molecule has 0 atom stereocenters. The summed E-state index contributed by atoms with van der Waals surface area (Å²) in [6.45, 7) is 5.28. The third-order valence-corrected chi connectivity index (χ3v) is 4.55. The fraction of sp³-hybridized carbons (Fsp3) is 0.381. The number of anilines is 1. The highest BCUT2D eigenvalue weighted by molar-refractivity contribution is 5.97. The number of amidine groups is 1. The van der Waals surface area contributed by atoms with E-state index in [0.29, 0.717) is 18.8 Å². The smallest absolute Gasteiger partial charge is 0.150 e. The largest absolute Gasteiger partial charge is 0.382 e. The molecule has 28 heavy (non-hydrogen) atoms. The molecular weight excluding hydrogens is 355 g/mol. The molecule has 2 aromatic carbocycles. The maximum absolute atomic E-state index is 13.0. The van der Waals surface area contributed by atoms with Crippen molar-refractivity contribution in [1.82, 2.24) is 10.3 Å². The Labute approximate surface area is 166 Å². The van der Waals surface area contributed by atoms with Crippen LogP contribution in [0.3, 0.4) is 0 Å². The standard InChI is InChI=1S/C16H20FN5.C5H11N/c1-2-20-22-16(18)12-5-8-15(21-19)13(10-12)9-11-3-6-14(17)7-4-11;1-6-4-2-3-5-6/h3-8,10,20-21H,2,9,19H2,1H3,(H2,18,22);2-5H2,1H3. The van der Waals surface area contributed by atoms with Gasteiger partial charge in [0, 0.05) is 12.1 Å². The molecule has 6 nitrogen and oxygen atoms in total. The third-order valence-electron chi connectivity index (χ3n) is 4.55. The molecule has 1 saturated heterocycles. The normalized spacial score (nSPS) is 14.4. The maximum Gasteiger partial charge on any atom is 0.150 e. The monoisotopic (exact) mass is 386 g/mol. The molecule has 1 aliphatic rings. The van der Waals surface area contributed by atoms with Crippen molar-refractivity contribution in [3.8, 4) is 0 Å². The maximum atomic E-state index is 13.0. The first-order valence-corrected chi connectivity index (χ1v) is 9.62. The van der Waals surface area contributed by atoms with Crippen LogP contribution >= 0.6 is 0 Å². The highest BCUT2D eigenvalue weighted by atomic mass is 19.1. The Hall–Kier alpha value is -2.64. The van der Waals surface area contributed by atoms with Gasteiger partial charge in [-0.25, -0.2) is 4.39 Å². The van der Waals surface area contributed by atoms with Crippen LogP contribution in [0.2, 0.25) is 0 Å².